The minimum Gasteiger partial charge on any atom is -0.495 e. The number of hydrogen-bond acceptors (Lipinski definition) is 5. The SMILES string of the molecule is COc1ccccc1N1CCN(C(=O)C2(S(=O)(=O)c3ccc(Cl)cc3)CC2)CC1. The lowest BCUT2D eigenvalue weighted by Gasteiger charge is -2.38. The lowest BCUT2D eigenvalue weighted by atomic mass is 10.2. The number of halogens is 1. The molecule has 1 aliphatic heterocycles. The van der Waals surface area contributed by atoms with Gasteiger partial charge >= 0.3 is 0 Å². The molecule has 0 aromatic heterocycles. The molecular weight excluding hydrogens is 412 g/mol. The highest BCUT2D eigenvalue weighted by molar-refractivity contribution is 7.94. The summed E-state index contributed by atoms with van der Waals surface area (Å²) in [7, 11) is -2.12. The summed E-state index contributed by atoms with van der Waals surface area (Å²) in [4.78, 5) is 17.2. The van der Waals surface area contributed by atoms with Gasteiger partial charge in [0.2, 0.25) is 5.91 Å². The number of methoxy groups -OCH3 is 1. The van der Waals surface area contributed by atoms with Gasteiger partial charge in [0.1, 0.15) is 5.75 Å². The van der Waals surface area contributed by atoms with Crippen molar-refractivity contribution >= 4 is 33.0 Å². The summed E-state index contributed by atoms with van der Waals surface area (Å²) in [5.74, 6) is 0.503. The molecule has 2 aromatic carbocycles. The molecule has 8 heteroatoms. The zero-order chi connectivity index (χ0) is 20.6. The van der Waals surface area contributed by atoms with Crippen molar-refractivity contribution in [2.45, 2.75) is 22.5 Å². The Hall–Kier alpha value is -2.25. The zero-order valence-electron chi connectivity index (χ0n) is 16.2. The molecule has 2 fully saturated rings. The first-order chi connectivity index (χ1) is 13.9. The molecule has 0 bridgehead atoms. The number of rotatable bonds is 5. The number of sulfone groups is 1. The standard InChI is InChI=1S/C21H23ClN2O4S/c1-28-19-5-3-2-4-18(19)23-12-14-24(15-13-23)20(25)21(10-11-21)29(26,27)17-8-6-16(22)7-9-17/h2-9H,10-15H2,1H3. The predicted octanol–water partition coefficient (Wildman–Crippen LogP) is 3.00. The van der Waals surface area contributed by atoms with Crippen LogP contribution in [0.5, 0.6) is 5.75 Å². The number of piperazine rings is 1. The predicted molar refractivity (Wildman–Crippen MR) is 112 cm³/mol. The molecule has 0 unspecified atom stereocenters. The summed E-state index contributed by atoms with van der Waals surface area (Å²) in [5, 5.41) is 0.465. The Bertz CT molecular complexity index is 1010. The first-order valence-electron chi connectivity index (χ1n) is 9.57. The van der Waals surface area contributed by atoms with E-state index in [-0.39, 0.29) is 10.8 Å². The fraction of sp³-hybridized carbons (Fsp3) is 0.381. The second-order valence-corrected chi connectivity index (χ2v) is 10.1. The quantitative estimate of drug-likeness (QED) is 0.723. The smallest absolute Gasteiger partial charge is 0.244 e. The summed E-state index contributed by atoms with van der Waals surface area (Å²) in [6, 6.07) is 13.8. The van der Waals surface area contributed by atoms with E-state index in [0.29, 0.717) is 44.0 Å². The Labute approximate surface area is 175 Å². The minimum absolute atomic E-state index is 0.153. The van der Waals surface area contributed by atoms with E-state index in [0.717, 1.165) is 11.4 Å². The Kier molecular flexibility index (Phi) is 5.21. The van der Waals surface area contributed by atoms with Gasteiger partial charge in [-0.3, -0.25) is 4.79 Å². The molecule has 1 aliphatic carbocycles. The first-order valence-corrected chi connectivity index (χ1v) is 11.4. The number of nitrogens with zero attached hydrogens (tertiary/aromatic N) is 2. The monoisotopic (exact) mass is 434 g/mol. The number of para-hydroxylation sites is 2. The Balaban J connectivity index is 1.49. The van der Waals surface area contributed by atoms with Gasteiger partial charge in [-0.25, -0.2) is 8.42 Å². The minimum atomic E-state index is -3.75. The molecule has 0 spiro atoms. The highest BCUT2D eigenvalue weighted by atomic mass is 35.5. The van der Waals surface area contributed by atoms with Gasteiger partial charge in [0.05, 0.1) is 17.7 Å². The van der Waals surface area contributed by atoms with Crippen LogP contribution in [0, 0.1) is 0 Å². The van der Waals surface area contributed by atoms with E-state index in [1.54, 1.807) is 24.1 Å². The van der Waals surface area contributed by atoms with Crippen molar-refractivity contribution in [2.24, 2.45) is 0 Å². The Morgan fingerprint density at radius 2 is 1.62 bits per heavy atom. The van der Waals surface area contributed by atoms with Gasteiger partial charge in [-0.15, -0.1) is 0 Å². The topological polar surface area (TPSA) is 66.9 Å². The van der Waals surface area contributed by atoms with E-state index in [1.807, 2.05) is 24.3 Å². The van der Waals surface area contributed by atoms with Crippen LogP contribution in [-0.4, -0.2) is 57.3 Å². The van der Waals surface area contributed by atoms with Crippen molar-refractivity contribution in [3.63, 3.8) is 0 Å². The number of ether oxygens (including phenoxy) is 1. The number of anilines is 1. The summed E-state index contributed by atoms with van der Waals surface area (Å²) in [6.45, 7) is 2.22. The Morgan fingerprint density at radius 1 is 1.00 bits per heavy atom. The lowest BCUT2D eigenvalue weighted by molar-refractivity contribution is -0.131. The molecule has 0 radical (unpaired) electrons. The van der Waals surface area contributed by atoms with Gasteiger partial charge in [-0.05, 0) is 49.2 Å². The van der Waals surface area contributed by atoms with Gasteiger partial charge in [-0.1, -0.05) is 23.7 Å². The highest BCUT2D eigenvalue weighted by Gasteiger charge is 2.62. The lowest BCUT2D eigenvalue weighted by Crippen LogP contribution is -2.53. The van der Waals surface area contributed by atoms with Crippen LogP contribution in [0.2, 0.25) is 5.02 Å². The van der Waals surface area contributed by atoms with Crippen molar-refractivity contribution in [3.8, 4) is 5.75 Å². The van der Waals surface area contributed by atoms with E-state index >= 15 is 0 Å². The number of carbonyl (C=O) groups excluding carboxylic acids is 1. The van der Waals surface area contributed by atoms with Crippen LogP contribution in [0.15, 0.2) is 53.4 Å². The maximum Gasteiger partial charge on any atom is 0.244 e. The van der Waals surface area contributed by atoms with Crippen LogP contribution in [0.4, 0.5) is 5.69 Å². The third kappa shape index (κ3) is 3.46. The average Bonchev–Trinajstić information content (AvgIpc) is 3.56. The summed E-state index contributed by atoms with van der Waals surface area (Å²) in [5.41, 5.74) is 0.983. The first kappa shape index (κ1) is 20.0. The number of amides is 1. The third-order valence-corrected chi connectivity index (χ3v) is 8.48. The Morgan fingerprint density at radius 3 is 2.21 bits per heavy atom. The van der Waals surface area contributed by atoms with Crippen LogP contribution in [0.3, 0.4) is 0 Å². The molecule has 1 saturated heterocycles. The van der Waals surface area contributed by atoms with Crippen LogP contribution in [0.1, 0.15) is 12.8 Å². The van der Waals surface area contributed by atoms with Gasteiger partial charge < -0.3 is 14.5 Å². The van der Waals surface area contributed by atoms with Crippen molar-refractivity contribution < 1.29 is 17.9 Å². The second kappa shape index (κ2) is 7.54. The number of benzene rings is 2. The van der Waals surface area contributed by atoms with E-state index < -0.39 is 14.6 Å². The highest BCUT2D eigenvalue weighted by Crippen LogP contribution is 2.48. The van der Waals surface area contributed by atoms with E-state index in [4.69, 9.17) is 16.3 Å². The maximum atomic E-state index is 13.2. The van der Waals surface area contributed by atoms with Gasteiger partial charge in [0, 0.05) is 31.2 Å². The van der Waals surface area contributed by atoms with Crippen molar-refractivity contribution in [1.82, 2.24) is 4.90 Å². The van der Waals surface area contributed by atoms with Crippen LogP contribution >= 0.6 is 11.6 Å². The zero-order valence-corrected chi connectivity index (χ0v) is 17.7. The maximum absolute atomic E-state index is 13.2. The van der Waals surface area contributed by atoms with Crippen LogP contribution in [-0.2, 0) is 14.6 Å². The second-order valence-electron chi connectivity index (χ2n) is 7.40. The van der Waals surface area contributed by atoms with Gasteiger partial charge in [0.25, 0.3) is 0 Å². The fourth-order valence-electron chi connectivity index (χ4n) is 3.88. The van der Waals surface area contributed by atoms with Crippen molar-refractivity contribution in [3.05, 3.63) is 53.6 Å². The molecule has 1 amide bonds. The van der Waals surface area contributed by atoms with Crippen molar-refractivity contribution in [1.29, 1.82) is 0 Å². The van der Waals surface area contributed by atoms with E-state index in [9.17, 15) is 13.2 Å². The fourth-order valence-corrected chi connectivity index (χ4v) is 5.95. The number of carbonyl (C=O) groups is 1. The molecule has 0 N–H and O–H groups in total. The van der Waals surface area contributed by atoms with Gasteiger partial charge in [0.15, 0.2) is 14.6 Å². The summed E-state index contributed by atoms with van der Waals surface area (Å²) >= 11 is 5.88. The van der Waals surface area contributed by atoms with E-state index in [2.05, 4.69) is 4.90 Å². The number of hydrogen-bond donors (Lipinski definition) is 0. The molecule has 2 aromatic rings. The molecule has 29 heavy (non-hydrogen) atoms. The molecule has 1 saturated carbocycles. The third-order valence-electron chi connectivity index (χ3n) is 5.72. The molecule has 4 rings (SSSR count). The van der Waals surface area contributed by atoms with E-state index in [1.165, 1.54) is 12.1 Å². The largest absolute Gasteiger partial charge is 0.495 e. The molecule has 1 heterocycles. The molecule has 154 valence electrons. The molecular formula is C21H23ClN2O4S. The summed E-state index contributed by atoms with van der Waals surface area (Å²) in [6.07, 6.45) is 0.729. The molecule has 6 nitrogen and oxygen atoms in total. The average molecular weight is 435 g/mol. The van der Waals surface area contributed by atoms with Crippen LogP contribution < -0.4 is 9.64 Å². The molecule has 0 atom stereocenters. The van der Waals surface area contributed by atoms with Gasteiger partial charge in [-0.2, -0.15) is 0 Å². The molecule has 2 aliphatic rings. The van der Waals surface area contributed by atoms with Crippen molar-refractivity contribution in [2.75, 3.05) is 38.2 Å². The normalized spacial score (nSPS) is 18.4. The van der Waals surface area contributed by atoms with Crippen LogP contribution in [0.25, 0.3) is 0 Å². The summed E-state index contributed by atoms with van der Waals surface area (Å²) < 4.78 is 30.4.